The zero-order chi connectivity index (χ0) is 15.5. The Morgan fingerprint density at radius 3 is 2.86 bits per heavy atom. The van der Waals surface area contributed by atoms with Gasteiger partial charge in [0.2, 0.25) is 0 Å². The molecule has 1 atom stereocenters. The average molecular weight is 290 g/mol. The van der Waals surface area contributed by atoms with Crippen LogP contribution in [0.5, 0.6) is 0 Å². The van der Waals surface area contributed by atoms with E-state index in [1.165, 1.54) is 5.56 Å². The first kappa shape index (κ1) is 15.7. The Balaban J connectivity index is 1.93. The van der Waals surface area contributed by atoms with Gasteiger partial charge >= 0.3 is 6.09 Å². The Morgan fingerprint density at radius 1 is 1.43 bits per heavy atom. The summed E-state index contributed by atoms with van der Waals surface area (Å²) < 4.78 is 5.46. The maximum atomic E-state index is 12.1. The average Bonchev–Trinajstić information content (AvgIpc) is 2.37. The van der Waals surface area contributed by atoms with Crippen LogP contribution in [-0.4, -0.2) is 29.7 Å². The first-order chi connectivity index (χ1) is 9.83. The molecule has 21 heavy (non-hydrogen) atoms. The number of nitrogens with zero attached hydrogens (tertiary/aromatic N) is 1. The molecule has 1 amide bonds. The molecule has 0 spiro atoms. The van der Waals surface area contributed by atoms with Crippen molar-refractivity contribution in [3.8, 4) is 0 Å². The molecule has 116 valence electrons. The summed E-state index contributed by atoms with van der Waals surface area (Å²) in [5, 5.41) is 0. The fourth-order valence-corrected chi connectivity index (χ4v) is 2.78. The molecular formula is C17H26N2O2. The van der Waals surface area contributed by atoms with Crippen LogP contribution >= 0.6 is 0 Å². The highest BCUT2D eigenvalue weighted by atomic mass is 16.6. The molecule has 4 nitrogen and oxygen atoms in total. The van der Waals surface area contributed by atoms with Crippen molar-refractivity contribution < 1.29 is 9.53 Å². The highest BCUT2D eigenvalue weighted by molar-refractivity contribution is 5.68. The predicted octanol–water partition coefficient (Wildman–Crippen LogP) is 3.46. The number of ether oxygens (including phenoxy) is 1. The number of hydrogen-bond donors (Lipinski definition) is 1. The van der Waals surface area contributed by atoms with E-state index in [1.807, 2.05) is 43.9 Å². The van der Waals surface area contributed by atoms with Crippen molar-refractivity contribution in [3.63, 3.8) is 0 Å². The van der Waals surface area contributed by atoms with Crippen molar-refractivity contribution in [1.82, 2.24) is 4.90 Å². The quantitative estimate of drug-likeness (QED) is 0.849. The molecule has 0 radical (unpaired) electrons. The Hall–Kier alpha value is -1.71. The second kappa shape index (κ2) is 6.37. The highest BCUT2D eigenvalue weighted by Crippen LogP contribution is 2.23. The Morgan fingerprint density at radius 2 is 2.19 bits per heavy atom. The molecule has 1 aliphatic heterocycles. The SMILES string of the molecule is CC(C)(C)OC(=O)N1CCC[C@H](Cc2cccc(N)c2)C1. The van der Waals surface area contributed by atoms with Crippen LogP contribution in [0.3, 0.4) is 0 Å². The van der Waals surface area contributed by atoms with E-state index in [0.29, 0.717) is 5.92 Å². The first-order valence-corrected chi connectivity index (χ1v) is 7.66. The third kappa shape index (κ3) is 4.96. The van der Waals surface area contributed by atoms with Gasteiger partial charge in [-0.1, -0.05) is 12.1 Å². The fraction of sp³-hybridized carbons (Fsp3) is 0.588. The largest absolute Gasteiger partial charge is 0.444 e. The van der Waals surface area contributed by atoms with Crippen LogP contribution in [0.4, 0.5) is 10.5 Å². The van der Waals surface area contributed by atoms with E-state index in [2.05, 4.69) is 6.07 Å². The number of nitrogens with two attached hydrogens (primary N) is 1. The van der Waals surface area contributed by atoms with Crippen molar-refractivity contribution in [2.75, 3.05) is 18.8 Å². The number of likely N-dealkylation sites (tertiary alicyclic amines) is 1. The first-order valence-electron chi connectivity index (χ1n) is 7.66. The number of hydrogen-bond acceptors (Lipinski definition) is 3. The molecule has 1 heterocycles. The summed E-state index contributed by atoms with van der Waals surface area (Å²) in [6, 6.07) is 8.01. The van der Waals surface area contributed by atoms with E-state index >= 15 is 0 Å². The van der Waals surface area contributed by atoms with E-state index in [1.54, 1.807) is 0 Å². The van der Waals surface area contributed by atoms with E-state index < -0.39 is 5.60 Å². The van der Waals surface area contributed by atoms with Gasteiger partial charge in [-0.2, -0.15) is 0 Å². The van der Waals surface area contributed by atoms with Crippen LogP contribution in [0, 0.1) is 5.92 Å². The maximum absolute atomic E-state index is 12.1. The lowest BCUT2D eigenvalue weighted by Crippen LogP contribution is -2.43. The smallest absolute Gasteiger partial charge is 0.410 e. The summed E-state index contributed by atoms with van der Waals surface area (Å²) in [5.41, 5.74) is 7.43. The van der Waals surface area contributed by atoms with Gasteiger partial charge in [-0.25, -0.2) is 4.79 Å². The van der Waals surface area contributed by atoms with Gasteiger partial charge in [-0.3, -0.25) is 0 Å². The molecule has 1 fully saturated rings. The minimum absolute atomic E-state index is 0.195. The second-order valence-electron chi connectivity index (χ2n) is 6.88. The summed E-state index contributed by atoms with van der Waals surface area (Å²) in [7, 11) is 0. The van der Waals surface area contributed by atoms with Gasteiger partial charge in [0.05, 0.1) is 0 Å². The number of rotatable bonds is 2. The molecule has 2 N–H and O–H groups in total. The van der Waals surface area contributed by atoms with Crippen LogP contribution in [0.15, 0.2) is 24.3 Å². The van der Waals surface area contributed by atoms with Crippen molar-refractivity contribution >= 4 is 11.8 Å². The van der Waals surface area contributed by atoms with E-state index in [9.17, 15) is 4.79 Å². The van der Waals surface area contributed by atoms with Gasteiger partial charge in [0, 0.05) is 18.8 Å². The third-order valence-corrected chi connectivity index (χ3v) is 3.65. The third-order valence-electron chi connectivity index (χ3n) is 3.65. The van der Waals surface area contributed by atoms with Crippen LogP contribution in [-0.2, 0) is 11.2 Å². The molecule has 0 aromatic heterocycles. The summed E-state index contributed by atoms with van der Waals surface area (Å²) in [6.07, 6.45) is 2.95. The zero-order valence-electron chi connectivity index (χ0n) is 13.3. The summed E-state index contributed by atoms with van der Waals surface area (Å²) in [6.45, 7) is 7.27. The number of carbonyl (C=O) groups is 1. The summed E-state index contributed by atoms with van der Waals surface area (Å²) >= 11 is 0. The molecule has 1 aromatic carbocycles. The van der Waals surface area contributed by atoms with Gasteiger partial charge in [-0.05, 0) is 63.6 Å². The molecule has 2 rings (SSSR count). The lowest BCUT2D eigenvalue weighted by molar-refractivity contribution is 0.0166. The van der Waals surface area contributed by atoms with Crippen molar-refractivity contribution in [2.45, 2.75) is 45.6 Å². The normalized spacial score (nSPS) is 19.4. The van der Waals surface area contributed by atoms with Crippen molar-refractivity contribution in [2.24, 2.45) is 5.92 Å². The number of benzene rings is 1. The Kier molecular flexibility index (Phi) is 4.76. The minimum Gasteiger partial charge on any atom is -0.444 e. The van der Waals surface area contributed by atoms with Crippen LogP contribution in [0.25, 0.3) is 0 Å². The summed E-state index contributed by atoms with van der Waals surface area (Å²) in [4.78, 5) is 14.0. The van der Waals surface area contributed by atoms with E-state index in [0.717, 1.165) is 38.0 Å². The number of amides is 1. The molecule has 1 saturated heterocycles. The van der Waals surface area contributed by atoms with Gasteiger partial charge in [0.25, 0.3) is 0 Å². The lowest BCUT2D eigenvalue weighted by atomic mass is 9.91. The van der Waals surface area contributed by atoms with Crippen molar-refractivity contribution in [3.05, 3.63) is 29.8 Å². The minimum atomic E-state index is -0.433. The zero-order valence-corrected chi connectivity index (χ0v) is 13.3. The van der Waals surface area contributed by atoms with Gasteiger partial charge in [-0.15, -0.1) is 0 Å². The second-order valence-corrected chi connectivity index (χ2v) is 6.88. The van der Waals surface area contributed by atoms with Gasteiger partial charge in [0.1, 0.15) is 5.60 Å². The molecule has 0 unspecified atom stereocenters. The lowest BCUT2D eigenvalue weighted by Gasteiger charge is -2.34. The molecule has 1 aliphatic rings. The highest BCUT2D eigenvalue weighted by Gasteiger charge is 2.27. The standard InChI is InChI=1S/C17H26N2O2/c1-17(2,3)21-16(20)19-9-5-7-14(12-19)10-13-6-4-8-15(18)11-13/h4,6,8,11,14H,5,7,9-10,12,18H2,1-3H3/t14-/m1/s1. The number of nitrogen functional groups attached to an aromatic ring is 1. The Labute approximate surface area is 127 Å². The van der Waals surface area contributed by atoms with Crippen LogP contribution in [0.2, 0.25) is 0 Å². The topological polar surface area (TPSA) is 55.6 Å². The van der Waals surface area contributed by atoms with E-state index in [4.69, 9.17) is 10.5 Å². The molecule has 0 aliphatic carbocycles. The molecular weight excluding hydrogens is 264 g/mol. The maximum Gasteiger partial charge on any atom is 0.410 e. The van der Waals surface area contributed by atoms with Crippen LogP contribution < -0.4 is 5.73 Å². The Bertz CT molecular complexity index is 494. The summed E-state index contributed by atoms with van der Waals surface area (Å²) in [5.74, 6) is 0.480. The number of carbonyl (C=O) groups excluding carboxylic acids is 1. The van der Waals surface area contributed by atoms with Crippen LogP contribution in [0.1, 0.15) is 39.2 Å². The fourth-order valence-electron chi connectivity index (χ4n) is 2.78. The van der Waals surface area contributed by atoms with Crippen molar-refractivity contribution in [1.29, 1.82) is 0 Å². The molecule has 0 bridgehead atoms. The van der Waals surface area contributed by atoms with E-state index in [-0.39, 0.29) is 6.09 Å². The number of piperidine rings is 1. The number of anilines is 1. The predicted molar refractivity (Wildman–Crippen MR) is 85.1 cm³/mol. The van der Waals surface area contributed by atoms with Gasteiger partial charge in [0.15, 0.2) is 0 Å². The molecule has 4 heteroatoms. The molecule has 0 saturated carbocycles. The monoisotopic (exact) mass is 290 g/mol. The molecule has 1 aromatic rings. The van der Waals surface area contributed by atoms with Gasteiger partial charge < -0.3 is 15.4 Å².